The highest BCUT2D eigenvalue weighted by atomic mass is 79.9. The summed E-state index contributed by atoms with van der Waals surface area (Å²) in [4.78, 5) is 17.4. The summed E-state index contributed by atoms with van der Waals surface area (Å²) in [7, 11) is 0. The first kappa shape index (κ1) is 16.3. The van der Waals surface area contributed by atoms with E-state index in [4.69, 9.17) is 0 Å². The second-order valence-corrected chi connectivity index (χ2v) is 5.85. The summed E-state index contributed by atoms with van der Waals surface area (Å²) in [5, 5.41) is 0. The van der Waals surface area contributed by atoms with Gasteiger partial charge in [-0.15, -0.1) is 0 Å². The predicted molar refractivity (Wildman–Crippen MR) is 83.4 cm³/mol. The largest absolute Gasteiger partial charge is 0.356 e. The van der Waals surface area contributed by atoms with Gasteiger partial charge in [0, 0.05) is 23.8 Å². The summed E-state index contributed by atoms with van der Waals surface area (Å²) in [5.74, 6) is 0.123. The lowest BCUT2D eigenvalue weighted by molar-refractivity contribution is 0.0744. The molecule has 108 valence electrons. The molecular weight excluding hydrogens is 304 g/mol. The van der Waals surface area contributed by atoms with E-state index in [1.54, 1.807) is 0 Å². The first-order valence-corrected chi connectivity index (χ1v) is 8.11. The lowest BCUT2D eigenvalue weighted by Crippen LogP contribution is -2.33. The Kier molecular flexibility index (Phi) is 7.87. The zero-order valence-corrected chi connectivity index (χ0v) is 13.6. The van der Waals surface area contributed by atoms with Gasteiger partial charge in [0.15, 0.2) is 0 Å². The van der Waals surface area contributed by atoms with Crippen LogP contribution in [0.2, 0.25) is 0 Å². The van der Waals surface area contributed by atoms with Crippen LogP contribution in [0.1, 0.15) is 62.9 Å². The highest BCUT2D eigenvalue weighted by Crippen LogP contribution is 2.14. The number of hydrogen-bond donors (Lipinski definition) is 1. The van der Waals surface area contributed by atoms with Crippen molar-refractivity contribution in [3.63, 3.8) is 0 Å². The number of carbonyl (C=O) groups is 1. The Balaban J connectivity index is 2.57. The number of nitrogens with one attached hydrogen (secondary N) is 1. The molecule has 1 heterocycles. The van der Waals surface area contributed by atoms with Crippen molar-refractivity contribution in [1.29, 1.82) is 0 Å². The van der Waals surface area contributed by atoms with Crippen molar-refractivity contribution in [2.24, 2.45) is 0 Å². The minimum absolute atomic E-state index is 0.123. The Morgan fingerprint density at radius 3 is 2.16 bits per heavy atom. The molecular formula is C15H25BrN2O. The molecule has 0 aliphatic heterocycles. The van der Waals surface area contributed by atoms with Gasteiger partial charge in [-0.25, -0.2) is 0 Å². The number of rotatable bonds is 9. The van der Waals surface area contributed by atoms with E-state index in [1.165, 1.54) is 25.7 Å². The van der Waals surface area contributed by atoms with E-state index < -0.39 is 0 Å². The van der Waals surface area contributed by atoms with Crippen LogP contribution in [0.5, 0.6) is 0 Å². The van der Waals surface area contributed by atoms with Crippen LogP contribution in [0.15, 0.2) is 16.7 Å². The Morgan fingerprint density at radius 1 is 1.16 bits per heavy atom. The molecule has 4 heteroatoms. The van der Waals surface area contributed by atoms with Gasteiger partial charge in [0.2, 0.25) is 0 Å². The van der Waals surface area contributed by atoms with E-state index in [0.717, 1.165) is 30.4 Å². The molecule has 0 radical (unpaired) electrons. The molecule has 1 aromatic heterocycles. The van der Waals surface area contributed by atoms with Crippen molar-refractivity contribution < 1.29 is 4.79 Å². The van der Waals surface area contributed by atoms with Crippen molar-refractivity contribution in [3.05, 3.63) is 22.4 Å². The fraction of sp³-hybridized carbons (Fsp3) is 0.667. The van der Waals surface area contributed by atoms with Gasteiger partial charge in [-0.05, 0) is 34.8 Å². The van der Waals surface area contributed by atoms with E-state index in [9.17, 15) is 4.79 Å². The second kappa shape index (κ2) is 9.18. The smallest absolute Gasteiger partial charge is 0.270 e. The third-order valence-electron chi connectivity index (χ3n) is 3.23. The number of amides is 1. The Morgan fingerprint density at radius 2 is 1.74 bits per heavy atom. The molecule has 0 spiro atoms. The molecule has 0 aliphatic carbocycles. The fourth-order valence-electron chi connectivity index (χ4n) is 2.08. The van der Waals surface area contributed by atoms with E-state index in [0.29, 0.717) is 5.69 Å². The quantitative estimate of drug-likeness (QED) is 0.660. The fourth-order valence-corrected chi connectivity index (χ4v) is 2.43. The number of aromatic amines is 1. The predicted octanol–water partition coefficient (Wildman–Crippen LogP) is 4.60. The molecule has 0 saturated heterocycles. The number of hydrogen-bond acceptors (Lipinski definition) is 1. The maximum Gasteiger partial charge on any atom is 0.270 e. The van der Waals surface area contributed by atoms with E-state index in [2.05, 4.69) is 34.8 Å². The Hall–Kier alpha value is -0.770. The SMILES string of the molecule is CCCCCN(CCCCC)C(=O)c1cc(Br)c[nH]1. The Labute approximate surface area is 124 Å². The molecule has 0 bridgehead atoms. The van der Waals surface area contributed by atoms with Crippen LogP contribution >= 0.6 is 15.9 Å². The Bertz CT molecular complexity index is 366. The average molecular weight is 329 g/mol. The summed E-state index contributed by atoms with van der Waals surface area (Å²) < 4.78 is 0.929. The number of unbranched alkanes of at least 4 members (excludes halogenated alkanes) is 4. The first-order chi connectivity index (χ1) is 9.19. The first-order valence-electron chi connectivity index (χ1n) is 7.32. The van der Waals surface area contributed by atoms with Gasteiger partial charge >= 0.3 is 0 Å². The minimum atomic E-state index is 0.123. The second-order valence-electron chi connectivity index (χ2n) is 4.94. The van der Waals surface area contributed by atoms with Crippen molar-refractivity contribution in [2.75, 3.05) is 13.1 Å². The molecule has 0 aromatic carbocycles. The molecule has 1 aromatic rings. The monoisotopic (exact) mass is 328 g/mol. The molecule has 0 atom stereocenters. The van der Waals surface area contributed by atoms with Crippen molar-refractivity contribution >= 4 is 21.8 Å². The standard InChI is InChI=1S/C15H25BrN2O/c1-3-5-7-9-18(10-8-6-4-2)15(19)14-11-13(16)12-17-14/h11-12,17H,3-10H2,1-2H3. The molecule has 3 nitrogen and oxygen atoms in total. The number of nitrogens with zero attached hydrogens (tertiary/aromatic N) is 1. The molecule has 1 amide bonds. The van der Waals surface area contributed by atoms with Crippen LogP contribution in [0, 0.1) is 0 Å². The summed E-state index contributed by atoms with van der Waals surface area (Å²) >= 11 is 3.38. The van der Waals surface area contributed by atoms with Crippen LogP contribution in [-0.2, 0) is 0 Å². The zero-order valence-electron chi connectivity index (χ0n) is 12.0. The summed E-state index contributed by atoms with van der Waals surface area (Å²) in [6.45, 7) is 6.11. The van der Waals surface area contributed by atoms with Gasteiger partial charge in [0.25, 0.3) is 5.91 Å². The minimum Gasteiger partial charge on any atom is -0.356 e. The molecule has 1 N–H and O–H groups in total. The van der Waals surface area contributed by atoms with Crippen molar-refractivity contribution in [1.82, 2.24) is 9.88 Å². The summed E-state index contributed by atoms with van der Waals surface area (Å²) in [6.07, 6.45) is 8.74. The molecule has 0 fully saturated rings. The van der Waals surface area contributed by atoms with Crippen LogP contribution < -0.4 is 0 Å². The van der Waals surface area contributed by atoms with Gasteiger partial charge in [-0.3, -0.25) is 4.79 Å². The van der Waals surface area contributed by atoms with Gasteiger partial charge in [-0.1, -0.05) is 39.5 Å². The van der Waals surface area contributed by atoms with Crippen molar-refractivity contribution in [2.45, 2.75) is 52.4 Å². The van der Waals surface area contributed by atoms with E-state index >= 15 is 0 Å². The number of carbonyl (C=O) groups excluding carboxylic acids is 1. The van der Waals surface area contributed by atoms with Gasteiger partial charge in [-0.2, -0.15) is 0 Å². The highest BCUT2D eigenvalue weighted by Gasteiger charge is 2.16. The maximum absolute atomic E-state index is 12.4. The number of aromatic nitrogens is 1. The molecule has 0 unspecified atom stereocenters. The van der Waals surface area contributed by atoms with Gasteiger partial charge in [0.05, 0.1) is 0 Å². The lowest BCUT2D eigenvalue weighted by atomic mass is 10.2. The topological polar surface area (TPSA) is 36.1 Å². The lowest BCUT2D eigenvalue weighted by Gasteiger charge is -2.22. The number of H-pyrrole nitrogens is 1. The number of halogens is 1. The van der Waals surface area contributed by atoms with Crippen LogP contribution in [-0.4, -0.2) is 28.9 Å². The summed E-state index contributed by atoms with van der Waals surface area (Å²) in [6, 6.07) is 1.86. The van der Waals surface area contributed by atoms with E-state index in [1.807, 2.05) is 17.2 Å². The van der Waals surface area contributed by atoms with Crippen LogP contribution in [0.4, 0.5) is 0 Å². The highest BCUT2D eigenvalue weighted by molar-refractivity contribution is 9.10. The van der Waals surface area contributed by atoms with Gasteiger partial charge in [0.1, 0.15) is 5.69 Å². The average Bonchev–Trinajstić information content (AvgIpc) is 2.83. The zero-order chi connectivity index (χ0) is 14.1. The van der Waals surface area contributed by atoms with Crippen molar-refractivity contribution in [3.8, 4) is 0 Å². The third kappa shape index (κ3) is 5.81. The van der Waals surface area contributed by atoms with Crippen LogP contribution in [0.25, 0.3) is 0 Å². The van der Waals surface area contributed by atoms with Gasteiger partial charge < -0.3 is 9.88 Å². The molecule has 0 saturated carbocycles. The third-order valence-corrected chi connectivity index (χ3v) is 3.69. The molecule has 1 rings (SSSR count). The summed E-state index contributed by atoms with van der Waals surface area (Å²) in [5.41, 5.74) is 0.680. The maximum atomic E-state index is 12.4. The normalized spacial score (nSPS) is 10.7. The van der Waals surface area contributed by atoms with E-state index in [-0.39, 0.29) is 5.91 Å². The molecule has 19 heavy (non-hydrogen) atoms. The molecule has 0 aliphatic rings. The van der Waals surface area contributed by atoms with Crippen LogP contribution in [0.3, 0.4) is 0 Å².